The standard InChI is InChI=1S/C21H21ClFN3O2/c1-4-19-18(12-24-26(19)17-8-6-16(23)7-9-17)21(27)25(2)13-14-11-15(22)5-10-20(14)28-3/h5-12H,4,13H2,1-3H3. The zero-order valence-corrected chi connectivity index (χ0v) is 16.7. The van der Waals surface area contributed by atoms with Crippen LogP contribution in [-0.4, -0.2) is 34.7 Å². The number of rotatable bonds is 6. The van der Waals surface area contributed by atoms with E-state index in [2.05, 4.69) is 5.10 Å². The third-order valence-corrected chi connectivity index (χ3v) is 4.74. The predicted molar refractivity (Wildman–Crippen MR) is 107 cm³/mol. The smallest absolute Gasteiger partial charge is 0.257 e. The molecular formula is C21H21ClFN3O2. The van der Waals surface area contributed by atoms with Crippen molar-refractivity contribution in [3.8, 4) is 11.4 Å². The number of carbonyl (C=O) groups excluding carboxylic acids is 1. The Morgan fingerprint density at radius 1 is 1.25 bits per heavy atom. The first kappa shape index (κ1) is 19.9. The van der Waals surface area contributed by atoms with Gasteiger partial charge in [-0.2, -0.15) is 5.10 Å². The lowest BCUT2D eigenvalue weighted by Crippen LogP contribution is -2.27. The van der Waals surface area contributed by atoms with Gasteiger partial charge >= 0.3 is 0 Å². The van der Waals surface area contributed by atoms with E-state index in [9.17, 15) is 9.18 Å². The molecule has 1 aromatic heterocycles. The topological polar surface area (TPSA) is 47.4 Å². The van der Waals surface area contributed by atoms with Crippen LogP contribution >= 0.6 is 11.6 Å². The van der Waals surface area contributed by atoms with Crippen LogP contribution in [0.15, 0.2) is 48.7 Å². The number of hydrogen-bond acceptors (Lipinski definition) is 3. The highest BCUT2D eigenvalue weighted by Crippen LogP contribution is 2.25. The van der Waals surface area contributed by atoms with Crippen molar-refractivity contribution >= 4 is 17.5 Å². The summed E-state index contributed by atoms with van der Waals surface area (Å²) in [5.74, 6) is 0.189. The Morgan fingerprint density at radius 2 is 1.96 bits per heavy atom. The van der Waals surface area contributed by atoms with Crippen molar-refractivity contribution in [1.29, 1.82) is 0 Å². The summed E-state index contributed by atoms with van der Waals surface area (Å²) in [6.07, 6.45) is 2.16. The molecule has 0 radical (unpaired) electrons. The number of ether oxygens (including phenoxy) is 1. The molecule has 0 spiro atoms. The van der Waals surface area contributed by atoms with Gasteiger partial charge in [0.25, 0.3) is 5.91 Å². The Balaban J connectivity index is 1.88. The molecule has 5 nitrogen and oxygen atoms in total. The summed E-state index contributed by atoms with van der Waals surface area (Å²) in [7, 11) is 3.30. The summed E-state index contributed by atoms with van der Waals surface area (Å²) in [4.78, 5) is 14.6. The van der Waals surface area contributed by atoms with Crippen LogP contribution in [0, 0.1) is 5.82 Å². The third-order valence-electron chi connectivity index (χ3n) is 4.50. The minimum absolute atomic E-state index is 0.160. The number of aromatic nitrogens is 2. The minimum Gasteiger partial charge on any atom is -0.496 e. The molecule has 0 aliphatic rings. The SMILES string of the molecule is CCc1c(C(=O)N(C)Cc2cc(Cl)ccc2OC)cnn1-c1ccc(F)cc1. The largest absolute Gasteiger partial charge is 0.496 e. The average Bonchev–Trinajstić information content (AvgIpc) is 3.12. The molecule has 0 unspecified atom stereocenters. The molecule has 0 fully saturated rings. The molecule has 0 bridgehead atoms. The molecular weight excluding hydrogens is 381 g/mol. The second-order valence-electron chi connectivity index (χ2n) is 6.36. The Labute approximate surface area is 168 Å². The highest BCUT2D eigenvalue weighted by Gasteiger charge is 2.21. The van der Waals surface area contributed by atoms with E-state index < -0.39 is 0 Å². The summed E-state index contributed by atoms with van der Waals surface area (Å²) in [6, 6.07) is 11.3. The van der Waals surface area contributed by atoms with E-state index in [0.29, 0.717) is 35.0 Å². The van der Waals surface area contributed by atoms with E-state index in [-0.39, 0.29) is 11.7 Å². The molecule has 7 heteroatoms. The second-order valence-corrected chi connectivity index (χ2v) is 6.80. The first-order valence-corrected chi connectivity index (χ1v) is 9.23. The van der Waals surface area contributed by atoms with Gasteiger partial charge in [0.1, 0.15) is 11.6 Å². The fraction of sp³-hybridized carbons (Fsp3) is 0.238. The van der Waals surface area contributed by atoms with Crippen molar-refractivity contribution in [2.75, 3.05) is 14.2 Å². The van der Waals surface area contributed by atoms with Crippen LogP contribution in [0.3, 0.4) is 0 Å². The van der Waals surface area contributed by atoms with Gasteiger partial charge in [0, 0.05) is 24.2 Å². The lowest BCUT2D eigenvalue weighted by molar-refractivity contribution is 0.0783. The van der Waals surface area contributed by atoms with Crippen molar-refractivity contribution in [3.05, 3.63) is 76.3 Å². The number of amides is 1. The molecule has 0 saturated heterocycles. The van der Waals surface area contributed by atoms with Crippen LogP contribution in [0.2, 0.25) is 5.02 Å². The fourth-order valence-electron chi connectivity index (χ4n) is 3.10. The quantitative estimate of drug-likeness (QED) is 0.610. The van der Waals surface area contributed by atoms with Crippen LogP contribution < -0.4 is 4.74 Å². The van der Waals surface area contributed by atoms with Crippen LogP contribution in [-0.2, 0) is 13.0 Å². The number of benzene rings is 2. The average molecular weight is 402 g/mol. The van der Waals surface area contributed by atoms with Crippen molar-refractivity contribution in [2.45, 2.75) is 19.9 Å². The minimum atomic E-state index is -0.319. The first-order chi connectivity index (χ1) is 13.4. The van der Waals surface area contributed by atoms with E-state index in [1.807, 2.05) is 6.92 Å². The van der Waals surface area contributed by atoms with Gasteiger partial charge in [-0.1, -0.05) is 18.5 Å². The number of methoxy groups -OCH3 is 1. The predicted octanol–water partition coefficient (Wildman–Crippen LogP) is 4.51. The number of hydrogen-bond donors (Lipinski definition) is 0. The molecule has 1 amide bonds. The molecule has 2 aromatic carbocycles. The Kier molecular flexibility index (Phi) is 5.99. The van der Waals surface area contributed by atoms with E-state index >= 15 is 0 Å². The van der Waals surface area contributed by atoms with Crippen LogP contribution in [0.5, 0.6) is 5.75 Å². The summed E-state index contributed by atoms with van der Waals surface area (Å²) in [5.41, 5.74) is 2.79. The molecule has 0 aliphatic heterocycles. The van der Waals surface area contributed by atoms with E-state index in [1.165, 1.54) is 12.1 Å². The lowest BCUT2D eigenvalue weighted by atomic mass is 10.1. The first-order valence-electron chi connectivity index (χ1n) is 8.85. The van der Waals surface area contributed by atoms with Gasteiger partial charge in [-0.05, 0) is 48.9 Å². The van der Waals surface area contributed by atoms with E-state index in [4.69, 9.17) is 16.3 Å². The Morgan fingerprint density at radius 3 is 2.61 bits per heavy atom. The van der Waals surface area contributed by atoms with E-state index in [0.717, 1.165) is 11.3 Å². The second kappa shape index (κ2) is 8.44. The monoisotopic (exact) mass is 401 g/mol. The van der Waals surface area contributed by atoms with Gasteiger partial charge in [0.05, 0.1) is 30.3 Å². The normalized spacial score (nSPS) is 10.8. The summed E-state index contributed by atoms with van der Waals surface area (Å²) >= 11 is 6.08. The molecule has 0 saturated carbocycles. The van der Waals surface area contributed by atoms with Gasteiger partial charge in [0.2, 0.25) is 0 Å². The van der Waals surface area contributed by atoms with Crippen molar-refractivity contribution in [1.82, 2.24) is 14.7 Å². The molecule has 3 aromatic rings. The zero-order valence-electron chi connectivity index (χ0n) is 15.9. The number of nitrogens with zero attached hydrogens (tertiary/aromatic N) is 3. The van der Waals surface area contributed by atoms with Gasteiger partial charge in [-0.15, -0.1) is 0 Å². The third kappa shape index (κ3) is 4.02. The molecule has 0 N–H and O–H groups in total. The molecule has 28 heavy (non-hydrogen) atoms. The maximum absolute atomic E-state index is 13.2. The fourth-order valence-corrected chi connectivity index (χ4v) is 3.30. The molecule has 1 heterocycles. The van der Waals surface area contributed by atoms with Gasteiger partial charge in [0.15, 0.2) is 0 Å². The van der Waals surface area contributed by atoms with Gasteiger partial charge in [-0.25, -0.2) is 9.07 Å². The highest BCUT2D eigenvalue weighted by molar-refractivity contribution is 6.30. The van der Waals surface area contributed by atoms with Crippen LogP contribution in [0.25, 0.3) is 5.69 Å². The van der Waals surface area contributed by atoms with Crippen molar-refractivity contribution in [2.24, 2.45) is 0 Å². The highest BCUT2D eigenvalue weighted by atomic mass is 35.5. The van der Waals surface area contributed by atoms with Crippen LogP contribution in [0.1, 0.15) is 28.5 Å². The van der Waals surface area contributed by atoms with Crippen LogP contribution in [0.4, 0.5) is 4.39 Å². The summed E-state index contributed by atoms with van der Waals surface area (Å²) in [5, 5.41) is 4.92. The van der Waals surface area contributed by atoms with E-state index in [1.54, 1.807) is 60.3 Å². The maximum Gasteiger partial charge on any atom is 0.257 e. The molecule has 0 atom stereocenters. The molecule has 0 aliphatic carbocycles. The number of carbonyl (C=O) groups is 1. The molecule has 3 rings (SSSR count). The Bertz CT molecular complexity index is 986. The van der Waals surface area contributed by atoms with Crippen molar-refractivity contribution in [3.63, 3.8) is 0 Å². The summed E-state index contributed by atoms with van der Waals surface area (Å²) < 4.78 is 20.2. The molecule has 146 valence electrons. The number of halogens is 2. The zero-order chi connectivity index (χ0) is 20.3. The van der Waals surface area contributed by atoms with Crippen molar-refractivity contribution < 1.29 is 13.9 Å². The van der Waals surface area contributed by atoms with Gasteiger partial charge < -0.3 is 9.64 Å². The Hall–Kier alpha value is -2.86. The lowest BCUT2D eigenvalue weighted by Gasteiger charge is -2.19. The summed E-state index contributed by atoms with van der Waals surface area (Å²) in [6.45, 7) is 2.29. The van der Waals surface area contributed by atoms with Gasteiger partial charge in [-0.3, -0.25) is 4.79 Å². The maximum atomic E-state index is 13.2.